The van der Waals surface area contributed by atoms with Crippen LogP contribution in [-0.2, 0) is 11.2 Å². The summed E-state index contributed by atoms with van der Waals surface area (Å²) in [6.45, 7) is 12.1. The first-order valence-electron chi connectivity index (χ1n) is 8.57. The first kappa shape index (κ1) is 19.5. The van der Waals surface area contributed by atoms with Crippen molar-refractivity contribution in [3.05, 3.63) is 35.9 Å². The Morgan fingerprint density at radius 3 is 2.48 bits per heavy atom. The number of rotatable bonds is 8. The van der Waals surface area contributed by atoms with Crippen molar-refractivity contribution in [2.24, 2.45) is 0 Å². The lowest BCUT2D eigenvalue weighted by atomic mass is 10.1. The summed E-state index contributed by atoms with van der Waals surface area (Å²) in [4.78, 5) is 13.8. The molecular weight excluding hydrogens is 288 g/mol. The minimum atomic E-state index is -0.438. The van der Waals surface area contributed by atoms with Gasteiger partial charge < -0.3 is 15.0 Å². The fourth-order valence-corrected chi connectivity index (χ4v) is 2.36. The minimum absolute atomic E-state index is 0.225. The highest BCUT2D eigenvalue weighted by Gasteiger charge is 2.20. The highest BCUT2D eigenvalue weighted by molar-refractivity contribution is 5.68. The second kappa shape index (κ2) is 9.56. The predicted octanol–water partition coefficient (Wildman–Crippen LogP) is 3.85. The van der Waals surface area contributed by atoms with Gasteiger partial charge in [-0.05, 0) is 59.6 Å². The molecule has 4 nitrogen and oxygen atoms in total. The summed E-state index contributed by atoms with van der Waals surface area (Å²) in [6.07, 6.45) is 1.72. The molecule has 1 rings (SSSR count). The van der Waals surface area contributed by atoms with Crippen molar-refractivity contribution in [2.75, 3.05) is 19.6 Å². The van der Waals surface area contributed by atoms with Crippen molar-refractivity contribution < 1.29 is 9.53 Å². The normalized spacial score (nSPS) is 12.7. The SMILES string of the molecule is CCN(CCCNC(C)Cc1ccccc1)C(=O)OC(C)(C)C. The van der Waals surface area contributed by atoms with E-state index in [-0.39, 0.29) is 6.09 Å². The Kier molecular flexibility index (Phi) is 8.10. The average Bonchev–Trinajstić information content (AvgIpc) is 2.46. The topological polar surface area (TPSA) is 41.6 Å². The third kappa shape index (κ3) is 8.60. The number of hydrogen-bond donors (Lipinski definition) is 1. The van der Waals surface area contributed by atoms with Crippen LogP contribution in [0.5, 0.6) is 0 Å². The Bertz CT molecular complexity index is 454. The van der Waals surface area contributed by atoms with E-state index < -0.39 is 5.60 Å². The smallest absolute Gasteiger partial charge is 0.410 e. The largest absolute Gasteiger partial charge is 0.444 e. The van der Waals surface area contributed by atoms with E-state index >= 15 is 0 Å². The van der Waals surface area contributed by atoms with Crippen molar-refractivity contribution in [1.29, 1.82) is 0 Å². The summed E-state index contributed by atoms with van der Waals surface area (Å²) < 4.78 is 5.41. The predicted molar refractivity (Wildman–Crippen MR) is 95.7 cm³/mol. The summed E-state index contributed by atoms with van der Waals surface area (Å²) in [5.74, 6) is 0. The minimum Gasteiger partial charge on any atom is -0.444 e. The Balaban J connectivity index is 2.25. The third-order valence-corrected chi connectivity index (χ3v) is 3.52. The highest BCUT2D eigenvalue weighted by atomic mass is 16.6. The summed E-state index contributed by atoms with van der Waals surface area (Å²) in [5.41, 5.74) is 0.906. The van der Waals surface area contributed by atoms with Gasteiger partial charge in [0, 0.05) is 19.1 Å². The fourth-order valence-electron chi connectivity index (χ4n) is 2.36. The Labute approximate surface area is 141 Å². The number of ether oxygens (including phenoxy) is 1. The van der Waals surface area contributed by atoms with Crippen LogP contribution < -0.4 is 5.32 Å². The standard InChI is InChI=1S/C19H32N2O2/c1-6-21(18(22)23-19(3,4)5)14-10-13-20-16(2)15-17-11-8-7-9-12-17/h7-9,11-12,16,20H,6,10,13-15H2,1-5H3. The van der Waals surface area contributed by atoms with Crippen LogP contribution in [0.1, 0.15) is 46.6 Å². The molecule has 0 aliphatic heterocycles. The second-order valence-electron chi connectivity index (χ2n) is 6.96. The number of benzene rings is 1. The number of nitrogens with one attached hydrogen (secondary N) is 1. The molecule has 0 aromatic heterocycles. The maximum atomic E-state index is 12.0. The van der Waals surface area contributed by atoms with E-state index in [1.54, 1.807) is 4.90 Å². The maximum absolute atomic E-state index is 12.0. The molecule has 23 heavy (non-hydrogen) atoms. The summed E-state index contributed by atoms with van der Waals surface area (Å²) in [7, 11) is 0. The molecule has 4 heteroatoms. The molecule has 0 fully saturated rings. The molecule has 1 N–H and O–H groups in total. The monoisotopic (exact) mass is 320 g/mol. The van der Waals surface area contributed by atoms with Crippen LogP contribution >= 0.6 is 0 Å². The molecule has 1 aromatic rings. The second-order valence-corrected chi connectivity index (χ2v) is 6.96. The molecule has 1 amide bonds. The Morgan fingerprint density at radius 1 is 1.26 bits per heavy atom. The van der Waals surface area contributed by atoms with E-state index in [2.05, 4.69) is 36.5 Å². The molecule has 0 saturated heterocycles. The van der Waals surface area contributed by atoms with Gasteiger partial charge in [-0.3, -0.25) is 0 Å². The van der Waals surface area contributed by atoms with Crippen LogP contribution in [0.2, 0.25) is 0 Å². The first-order valence-corrected chi connectivity index (χ1v) is 8.57. The van der Waals surface area contributed by atoms with Gasteiger partial charge in [0.15, 0.2) is 0 Å². The fraction of sp³-hybridized carbons (Fsp3) is 0.632. The molecule has 0 saturated carbocycles. The van der Waals surface area contributed by atoms with Gasteiger partial charge >= 0.3 is 6.09 Å². The van der Waals surface area contributed by atoms with Gasteiger partial charge in [0.25, 0.3) is 0 Å². The van der Waals surface area contributed by atoms with Gasteiger partial charge in [0.2, 0.25) is 0 Å². The number of carbonyl (C=O) groups is 1. The van der Waals surface area contributed by atoms with E-state index in [1.807, 2.05) is 33.8 Å². The lowest BCUT2D eigenvalue weighted by molar-refractivity contribution is 0.0258. The molecule has 1 aromatic carbocycles. The van der Waals surface area contributed by atoms with Crippen molar-refractivity contribution in [1.82, 2.24) is 10.2 Å². The van der Waals surface area contributed by atoms with Crippen LogP contribution in [0.3, 0.4) is 0 Å². The molecule has 1 atom stereocenters. The third-order valence-electron chi connectivity index (χ3n) is 3.52. The molecule has 130 valence electrons. The quantitative estimate of drug-likeness (QED) is 0.740. The van der Waals surface area contributed by atoms with Crippen LogP contribution in [-0.4, -0.2) is 42.3 Å². The van der Waals surface area contributed by atoms with Gasteiger partial charge in [0.1, 0.15) is 5.60 Å². The summed E-state index contributed by atoms with van der Waals surface area (Å²) >= 11 is 0. The van der Waals surface area contributed by atoms with E-state index in [1.165, 1.54) is 5.56 Å². The van der Waals surface area contributed by atoms with E-state index in [9.17, 15) is 4.79 Å². The van der Waals surface area contributed by atoms with Gasteiger partial charge in [0.05, 0.1) is 0 Å². The van der Waals surface area contributed by atoms with Gasteiger partial charge in [-0.15, -0.1) is 0 Å². The summed E-state index contributed by atoms with van der Waals surface area (Å²) in [5, 5.41) is 3.52. The Morgan fingerprint density at radius 2 is 1.91 bits per heavy atom. The molecule has 0 spiro atoms. The van der Waals surface area contributed by atoms with Crippen molar-refractivity contribution in [3.8, 4) is 0 Å². The van der Waals surface area contributed by atoms with Gasteiger partial charge in [-0.2, -0.15) is 0 Å². The molecule has 0 bridgehead atoms. The van der Waals surface area contributed by atoms with E-state index in [0.717, 1.165) is 25.9 Å². The lowest BCUT2D eigenvalue weighted by Gasteiger charge is -2.26. The number of amides is 1. The highest BCUT2D eigenvalue weighted by Crippen LogP contribution is 2.10. The van der Waals surface area contributed by atoms with Crippen LogP contribution in [0.4, 0.5) is 4.79 Å². The van der Waals surface area contributed by atoms with Crippen molar-refractivity contribution in [3.63, 3.8) is 0 Å². The zero-order valence-corrected chi connectivity index (χ0v) is 15.3. The molecule has 0 aliphatic rings. The van der Waals surface area contributed by atoms with Crippen molar-refractivity contribution >= 4 is 6.09 Å². The maximum Gasteiger partial charge on any atom is 0.410 e. The van der Waals surface area contributed by atoms with Crippen LogP contribution in [0, 0.1) is 0 Å². The summed E-state index contributed by atoms with van der Waals surface area (Å²) in [6, 6.07) is 10.9. The number of nitrogens with zero attached hydrogens (tertiary/aromatic N) is 1. The van der Waals surface area contributed by atoms with E-state index in [4.69, 9.17) is 4.74 Å². The first-order chi connectivity index (χ1) is 10.8. The lowest BCUT2D eigenvalue weighted by Crippen LogP contribution is -2.38. The molecule has 0 radical (unpaired) electrons. The van der Waals surface area contributed by atoms with Gasteiger partial charge in [-0.25, -0.2) is 4.79 Å². The molecule has 1 unspecified atom stereocenters. The zero-order chi connectivity index (χ0) is 17.3. The zero-order valence-electron chi connectivity index (χ0n) is 15.3. The van der Waals surface area contributed by atoms with Crippen LogP contribution in [0.15, 0.2) is 30.3 Å². The molecule has 0 aliphatic carbocycles. The van der Waals surface area contributed by atoms with Crippen LogP contribution in [0.25, 0.3) is 0 Å². The Hall–Kier alpha value is -1.55. The average molecular weight is 320 g/mol. The van der Waals surface area contributed by atoms with Gasteiger partial charge in [-0.1, -0.05) is 30.3 Å². The molecule has 0 heterocycles. The van der Waals surface area contributed by atoms with Crippen molar-refractivity contribution in [2.45, 2.75) is 59.1 Å². The number of carbonyl (C=O) groups excluding carboxylic acids is 1. The molecular formula is C19H32N2O2. The van der Waals surface area contributed by atoms with E-state index in [0.29, 0.717) is 12.6 Å². The number of hydrogen-bond acceptors (Lipinski definition) is 3.